The molecule has 1 aromatic carbocycles. The van der Waals surface area contributed by atoms with Crippen LogP contribution in [0.4, 0.5) is 5.69 Å². The van der Waals surface area contributed by atoms with E-state index in [1.54, 1.807) is 0 Å². The molecule has 0 saturated carbocycles. The molecule has 11 heavy (non-hydrogen) atoms. The molecule has 1 aromatic rings. The van der Waals surface area contributed by atoms with E-state index in [9.17, 15) is 0 Å². The Labute approximate surface area is 69.6 Å². The Bertz CT molecular complexity index is 245. The van der Waals surface area contributed by atoms with Gasteiger partial charge in [-0.1, -0.05) is 18.2 Å². The number of nitrogens with two attached hydrogens (primary N) is 2. The smallest absolute Gasteiger partial charge is 0.174 e. The minimum atomic E-state index is 0.371. The normalized spacial score (nSPS) is 11.5. The van der Waals surface area contributed by atoms with Gasteiger partial charge in [-0.15, -0.1) is 0 Å². The zero-order valence-corrected chi connectivity index (χ0v) is 6.71. The van der Waals surface area contributed by atoms with Crippen molar-refractivity contribution in [3.05, 3.63) is 30.3 Å². The molecular formula is C7H9N3S. The first-order valence-electron chi connectivity index (χ1n) is 3.09. The molecule has 0 fully saturated rings. The largest absolute Gasteiger partial charge is 0.377 e. The number of hydrogen-bond acceptors (Lipinski definition) is 3. The quantitative estimate of drug-likeness (QED) is 0.376. The second-order valence-corrected chi connectivity index (χ2v) is 2.56. The fraction of sp³-hybridized carbons (Fsp3) is 0. The Balaban J connectivity index is 2.79. The van der Waals surface area contributed by atoms with E-state index in [1.165, 1.54) is 0 Å². The van der Waals surface area contributed by atoms with Crippen molar-refractivity contribution in [2.75, 3.05) is 0 Å². The third kappa shape index (κ3) is 2.61. The van der Waals surface area contributed by atoms with E-state index >= 15 is 0 Å². The van der Waals surface area contributed by atoms with Gasteiger partial charge in [0.05, 0.1) is 5.69 Å². The third-order valence-corrected chi connectivity index (χ3v) is 1.45. The summed E-state index contributed by atoms with van der Waals surface area (Å²) < 4.78 is 0. The first-order chi connectivity index (χ1) is 5.33. The van der Waals surface area contributed by atoms with E-state index in [0.717, 1.165) is 17.6 Å². The SMILES string of the molecule is NSC(N)=Nc1ccccc1. The van der Waals surface area contributed by atoms with E-state index in [2.05, 4.69) is 4.99 Å². The van der Waals surface area contributed by atoms with Crippen molar-refractivity contribution in [3.8, 4) is 0 Å². The molecule has 4 N–H and O–H groups in total. The first-order valence-corrected chi connectivity index (χ1v) is 3.97. The molecule has 0 bridgehead atoms. The molecule has 0 saturated heterocycles. The summed E-state index contributed by atoms with van der Waals surface area (Å²) in [6.45, 7) is 0. The topological polar surface area (TPSA) is 64.4 Å². The van der Waals surface area contributed by atoms with Crippen LogP contribution in [0.1, 0.15) is 0 Å². The summed E-state index contributed by atoms with van der Waals surface area (Å²) in [4.78, 5) is 4.01. The monoisotopic (exact) mass is 167 g/mol. The highest BCUT2D eigenvalue weighted by molar-refractivity contribution is 8.11. The van der Waals surface area contributed by atoms with Gasteiger partial charge in [-0.2, -0.15) is 0 Å². The van der Waals surface area contributed by atoms with Crippen LogP contribution in [0.25, 0.3) is 0 Å². The Morgan fingerprint density at radius 3 is 2.45 bits per heavy atom. The van der Waals surface area contributed by atoms with E-state index in [1.807, 2.05) is 30.3 Å². The predicted octanol–water partition coefficient (Wildman–Crippen LogP) is 1.24. The van der Waals surface area contributed by atoms with Crippen LogP contribution in [-0.2, 0) is 0 Å². The Morgan fingerprint density at radius 1 is 1.27 bits per heavy atom. The summed E-state index contributed by atoms with van der Waals surface area (Å²) in [5, 5.41) is 5.55. The highest BCUT2D eigenvalue weighted by Gasteiger charge is 1.88. The summed E-state index contributed by atoms with van der Waals surface area (Å²) in [6, 6.07) is 9.44. The van der Waals surface area contributed by atoms with E-state index < -0.39 is 0 Å². The highest BCUT2D eigenvalue weighted by atomic mass is 32.2. The fourth-order valence-corrected chi connectivity index (χ4v) is 0.814. The summed E-state index contributed by atoms with van der Waals surface area (Å²) in [5.41, 5.74) is 6.22. The van der Waals surface area contributed by atoms with Crippen molar-refractivity contribution >= 4 is 22.8 Å². The molecule has 0 aliphatic rings. The fourth-order valence-electron chi connectivity index (χ4n) is 0.656. The maximum atomic E-state index is 5.39. The van der Waals surface area contributed by atoms with Gasteiger partial charge >= 0.3 is 0 Å². The Hall–Kier alpha value is -1.00. The van der Waals surface area contributed by atoms with Crippen molar-refractivity contribution in [1.82, 2.24) is 0 Å². The Morgan fingerprint density at radius 2 is 1.91 bits per heavy atom. The minimum absolute atomic E-state index is 0.371. The number of nitrogens with zero attached hydrogens (tertiary/aromatic N) is 1. The van der Waals surface area contributed by atoms with Gasteiger partial charge in [0.15, 0.2) is 5.17 Å². The molecule has 0 amide bonds. The average Bonchev–Trinajstić information content (AvgIpc) is 2.06. The maximum absolute atomic E-state index is 5.39. The number of hydrogen-bond donors (Lipinski definition) is 2. The van der Waals surface area contributed by atoms with Crippen LogP contribution < -0.4 is 10.9 Å². The summed E-state index contributed by atoms with van der Waals surface area (Å²) in [7, 11) is 0. The van der Waals surface area contributed by atoms with Gasteiger partial charge in [-0.3, -0.25) is 5.14 Å². The molecule has 0 aromatic heterocycles. The summed E-state index contributed by atoms with van der Waals surface area (Å²) >= 11 is 0.947. The van der Waals surface area contributed by atoms with Crippen LogP contribution in [0.3, 0.4) is 0 Å². The molecule has 0 aliphatic heterocycles. The van der Waals surface area contributed by atoms with Gasteiger partial charge in [-0.25, -0.2) is 4.99 Å². The molecule has 0 aliphatic carbocycles. The molecule has 0 spiro atoms. The zero-order chi connectivity index (χ0) is 8.10. The van der Waals surface area contributed by atoms with Gasteiger partial charge in [0.25, 0.3) is 0 Å². The molecule has 58 valence electrons. The molecule has 0 heterocycles. The first kappa shape index (κ1) is 8.10. The van der Waals surface area contributed by atoms with Gasteiger partial charge in [0.2, 0.25) is 0 Å². The number of amidine groups is 1. The lowest BCUT2D eigenvalue weighted by Gasteiger charge is -1.93. The second-order valence-electron chi connectivity index (χ2n) is 1.90. The lowest BCUT2D eigenvalue weighted by Crippen LogP contribution is -2.08. The molecule has 4 heteroatoms. The summed E-state index contributed by atoms with van der Waals surface area (Å²) in [6.07, 6.45) is 0. The molecule has 0 radical (unpaired) electrons. The van der Waals surface area contributed by atoms with Crippen LogP contribution in [0.2, 0.25) is 0 Å². The third-order valence-electron chi connectivity index (χ3n) is 1.12. The van der Waals surface area contributed by atoms with Crippen LogP contribution >= 0.6 is 11.9 Å². The molecule has 3 nitrogen and oxygen atoms in total. The average molecular weight is 167 g/mol. The molecular weight excluding hydrogens is 158 g/mol. The van der Waals surface area contributed by atoms with Crippen LogP contribution in [0.5, 0.6) is 0 Å². The van der Waals surface area contributed by atoms with Crippen LogP contribution in [0.15, 0.2) is 35.3 Å². The number of benzene rings is 1. The lowest BCUT2D eigenvalue weighted by molar-refractivity contribution is 1.51. The van der Waals surface area contributed by atoms with Crippen molar-refractivity contribution in [1.29, 1.82) is 0 Å². The number of para-hydroxylation sites is 1. The highest BCUT2D eigenvalue weighted by Crippen LogP contribution is 2.10. The summed E-state index contributed by atoms with van der Waals surface area (Å²) in [5.74, 6) is 0. The standard InChI is InChI=1S/C7H9N3S/c8-7(11-9)10-6-4-2-1-3-5-6/h1-5H,9H2,(H2,8,10). The van der Waals surface area contributed by atoms with Gasteiger partial charge < -0.3 is 5.73 Å². The van der Waals surface area contributed by atoms with Gasteiger partial charge in [0, 0.05) is 0 Å². The molecule has 0 atom stereocenters. The predicted molar refractivity (Wildman–Crippen MR) is 49.5 cm³/mol. The van der Waals surface area contributed by atoms with E-state index in [4.69, 9.17) is 10.9 Å². The second kappa shape index (κ2) is 4.00. The van der Waals surface area contributed by atoms with Gasteiger partial charge in [0.1, 0.15) is 0 Å². The van der Waals surface area contributed by atoms with Gasteiger partial charge in [-0.05, 0) is 24.1 Å². The lowest BCUT2D eigenvalue weighted by atomic mass is 10.3. The maximum Gasteiger partial charge on any atom is 0.174 e. The van der Waals surface area contributed by atoms with Crippen molar-refractivity contribution in [2.45, 2.75) is 0 Å². The van der Waals surface area contributed by atoms with Crippen molar-refractivity contribution in [3.63, 3.8) is 0 Å². The Kier molecular flexibility index (Phi) is 2.95. The van der Waals surface area contributed by atoms with Crippen molar-refractivity contribution < 1.29 is 0 Å². The molecule has 1 rings (SSSR count). The minimum Gasteiger partial charge on any atom is -0.377 e. The zero-order valence-electron chi connectivity index (χ0n) is 5.90. The number of aliphatic imine (C=N–C) groups is 1. The molecule has 0 unspecified atom stereocenters. The van der Waals surface area contributed by atoms with Crippen molar-refractivity contribution in [2.24, 2.45) is 15.9 Å². The van der Waals surface area contributed by atoms with E-state index in [-0.39, 0.29) is 0 Å². The van der Waals surface area contributed by atoms with E-state index in [0.29, 0.717) is 5.17 Å². The van der Waals surface area contributed by atoms with Crippen LogP contribution in [-0.4, -0.2) is 5.17 Å². The van der Waals surface area contributed by atoms with Crippen LogP contribution in [0, 0.1) is 0 Å². The number of rotatable bonds is 1.